The predicted octanol–water partition coefficient (Wildman–Crippen LogP) is 3.55. The van der Waals surface area contributed by atoms with E-state index in [2.05, 4.69) is 24.3 Å². The third-order valence-corrected chi connectivity index (χ3v) is 4.52. The van der Waals surface area contributed by atoms with Crippen LogP contribution in [0.5, 0.6) is 0 Å². The summed E-state index contributed by atoms with van der Waals surface area (Å²) in [5, 5.41) is 0. The normalized spacial score (nSPS) is 22.5. The molecule has 2 heterocycles. The van der Waals surface area contributed by atoms with Crippen LogP contribution in [-0.2, 0) is 9.47 Å². The molecule has 0 aliphatic carbocycles. The highest BCUT2D eigenvalue weighted by atomic mass is 16.6. The Balaban J connectivity index is 1.64. The lowest BCUT2D eigenvalue weighted by molar-refractivity contribution is -0.00527. The zero-order valence-electron chi connectivity index (χ0n) is 13.2. The highest BCUT2D eigenvalue weighted by molar-refractivity contribution is 5.70. The van der Waals surface area contributed by atoms with Crippen molar-refractivity contribution in [1.82, 2.24) is 4.90 Å². The van der Waals surface area contributed by atoms with Gasteiger partial charge < -0.3 is 9.47 Å². The molecule has 122 valence electrons. The molecule has 0 spiro atoms. The third kappa shape index (κ3) is 2.81. The van der Waals surface area contributed by atoms with Gasteiger partial charge in [0, 0.05) is 6.54 Å². The van der Waals surface area contributed by atoms with Gasteiger partial charge in [-0.25, -0.2) is 4.79 Å². The van der Waals surface area contributed by atoms with Gasteiger partial charge in [-0.2, -0.15) is 0 Å². The van der Waals surface area contributed by atoms with Crippen LogP contribution in [0.3, 0.4) is 0 Å². The van der Waals surface area contributed by atoms with E-state index in [0.29, 0.717) is 13.2 Å². The Morgan fingerprint density at radius 3 is 2.25 bits per heavy atom. The molecule has 0 unspecified atom stereocenters. The zero-order chi connectivity index (χ0) is 16.4. The number of rotatable bonds is 4. The predicted molar refractivity (Wildman–Crippen MR) is 90.6 cm³/mol. The van der Waals surface area contributed by atoms with Gasteiger partial charge in [0.05, 0.1) is 6.04 Å². The summed E-state index contributed by atoms with van der Waals surface area (Å²) in [7, 11) is 0. The molecule has 24 heavy (non-hydrogen) atoms. The van der Waals surface area contributed by atoms with Crippen LogP contribution in [0.15, 0.2) is 72.8 Å². The van der Waals surface area contributed by atoms with Crippen LogP contribution in [0.25, 0.3) is 0 Å². The Kier molecular flexibility index (Phi) is 4.05. The van der Waals surface area contributed by atoms with E-state index in [9.17, 15) is 4.79 Å². The molecule has 1 fully saturated rings. The quantitative estimate of drug-likeness (QED) is 0.808. The lowest BCUT2D eigenvalue weighted by atomic mass is 10.00. The molecule has 2 aliphatic heterocycles. The largest absolute Gasteiger partial charge is 0.447 e. The first-order valence-electron chi connectivity index (χ1n) is 8.18. The van der Waals surface area contributed by atoms with Gasteiger partial charge in [0.1, 0.15) is 18.8 Å². The SMILES string of the molecule is O=C1OC[C@@H]2[C@@H](OC(c3ccccc3)c3ccccc3)C=CCN12. The van der Waals surface area contributed by atoms with Crippen molar-refractivity contribution < 1.29 is 14.3 Å². The van der Waals surface area contributed by atoms with Crippen LogP contribution in [0.4, 0.5) is 4.79 Å². The summed E-state index contributed by atoms with van der Waals surface area (Å²) in [6.45, 7) is 0.967. The second-order valence-electron chi connectivity index (χ2n) is 6.03. The van der Waals surface area contributed by atoms with Gasteiger partial charge in [0.25, 0.3) is 0 Å². The second kappa shape index (κ2) is 6.49. The van der Waals surface area contributed by atoms with Gasteiger partial charge in [0.15, 0.2) is 0 Å². The van der Waals surface area contributed by atoms with Crippen LogP contribution < -0.4 is 0 Å². The molecule has 4 rings (SSSR count). The van der Waals surface area contributed by atoms with Gasteiger partial charge in [-0.1, -0.05) is 72.8 Å². The summed E-state index contributed by atoms with van der Waals surface area (Å²) >= 11 is 0. The summed E-state index contributed by atoms with van der Waals surface area (Å²) in [5.41, 5.74) is 2.19. The Labute approximate surface area is 141 Å². The van der Waals surface area contributed by atoms with Gasteiger partial charge >= 0.3 is 6.09 Å². The molecule has 0 radical (unpaired) electrons. The highest BCUT2D eigenvalue weighted by Gasteiger charge is 2.40. The van der Waals surface area contributed by atoms with E-state index in [1.165, 1.54) is 0 Å². The van der Waals surface area contributed by atoms with Crippen LogP contribution in [0, 0.1) is 0 Å². The van der Waals surface area contributed by atoms with Crippen LogP contribution in [0.2, 0.25) is 0 Å². The number of benzene rings is 2. The highest BCUT2D eigenvalue weighted by Crippen LogP contribution is 2.31. The Bertz CT molecular complexity index is 690. The van der Waals surface area contributed by atoms with E-state index < -0.39 is 0 Å². The smallest absolute Gasteiger partial charge is 0.410 e. The van der Waals surface area contributed by atoms with Crippen molar-refractivity contribution in [2.24, 2.45) is 0 Å². The van der Waals surface area contributed by atoms with Crippen molar-refractivity contribution in [1.29, 1.82) is 0 Å². The number of cyclic esters (lactones) is 1. The summed E-state index contributed by atoms with van der Waals surface area (Å²) in [4.78, 5) is 13.5. The molecule has 0 N–H and O–H groups in total. The molecule has 4 nitrogen and oxygen atoms in total. The number of hydrogen-bond acceptors (Lipinski definition) is 3. The molecule has 0 bridgehead atoms. The van der Waals surface area contributed by atoms with E-state index in [4.69, 9.17) is 9.47 Å². The van der Waals surface area contributed by atoms with E-state index in [-0.39, 0.29) is 24.3 Å². The van der Waals surface area contributed by atoms with Crippen LogP contribution >= 0.6 is 0 Å². The average molecular weight is 321 g/mol. The van der Waals surface area contributed by atoms with E-state index in [0.717, 1.165) is 11.1 Å². The van der Waals surface area contributed by atoms with Crippen molar-refractivity contribution in [2.45, 2.75) is 18.2 Å². The fourth-order valence-corrected chi connectivity index (χ4v) is 3.28. The first-order chi connectivity index (χ1) is 11.8. The van der Waals surface area contributed by atoms with Gasteiger partial charge in [-0.15, -0.1) is 0 Å². The van der Waals surface area contributed by atoms with Crippen LogP contribution in [-0.4, -0.2) is 36.3 Å². The van der Waals surface area contributed by atoms with Crippen molar-refractivity contribution in [3.63, 3.8) is 0 Å². The van der Waals surface area contributed by atoms with Gasteiger partial charge in [0.2, 0.25) is 0 Å². The fraction of sp³-hybridized carbons (Fsp3) is 0.250. The molecule has 1 amide bonds. The molecular formula is C20H19NO3. The number of nitrogens with zero attached hydrogens (tertiary/aromatic N) is 1. The van der Waals surface area contributed by atoms with Crippen LogP contribution in [0.1, 0.15) is 17.2 Å². The van der Waals surface area contributed by atoms with Crippen molar-refractivity contribution in [3.8, 4) is 0 Å². The lowest BCUT2D eigenvalue weighted by Crippen LogP contribution is -2.45. The minimum atomic E-state index is -0.256. The maximum absolute atomic E-state index is 11.8. The van der Waals surface area contributed by atoms with E-state index in [1.54, 1.807) is 4.90 Å². The van der Waals surface area contributed by atoms with Crippen molar-refractivity contribution >= 4 is 6.09 Å². The van der Waals surface area contributed by atoms with E-state index in [1.807, 2.05) is 48.6 Å². The minimum absolute atomic E-state index is 0.0579. The minimum Gasteiger partial charge on any atom is -0.447 e. The first-order valence-corrected chi connectivity index (χ1v) is 8.18. The molecule has 1 saturated heterocycles. The molecule has 2 aromatic rings. The van der Waals surface area contributed by atoms with Gasteiger partial charge in [-0.05, 0) is 11.1 Å². The molecule has 2 aliphatic rings. The lowest BCUT2D eigenvalue weighted by Gasteiger charge is -2.33. The first kappa shape index (κ1) is 15.0. The monoisotopic (exact) mass is 321 g/mol. The molecular weight excluding hydrogens is 302 g/mol. The molecule has 0 saturated carbocycles. The number of carbonyl (C=O) groups is 1. The number of amides is 1. The summed E-state index contributed by atoms with van der Waals surface area (Å²) < 4.78 is 11.7. The zero-order valence-corrected chi connectivity index (χ0v) is 13.2. The molecule has 2 aromatic carbocycles. The van der Waals surface area contributed by atoms with Crippen molar-refractivity contribution in [2.75, 3.05) is 13.2 Å². The number of ether oxygens (including phenoxy) is 2. The Hall–Kier alpha value is -2.59. The topological polar surface area (TPSA) is 38.8 Å². The second-order valence-corrected chi connectivity index (χ2v) is 6.03. The maximum atomic E-state index is 11.8. The van der Waals surface area contributed by atoms with Gasteiger partial charge in [-0.3, -0.25) is 4.90 Å². The number of carbonyl (C=O) groups excluding carboxylic acids is 1. The average Bonchev–Trinajstić information content (AvgIpc) is 3.03. The fourth-order valence-electron chi connectivity index (χ4n) is 3.28. The molecule has 2 atom stereocenters. The van der Waals surface area contributed by atoms with E-state index >= 15 is 0 Å². The summed E-state index contributed by atoms with van der Waals surface area (Å²) in [6, 6.07) is 20.3. The number of fused-ring (bicyclic) bond motifs is 1. The maximum Gasteiger partial charge on any atom is 0.410 e. The standard InChI is InChI=1S/C20H19NO3/c22-20-21-13-7-12-18(17(21)14-23-20)24-19(15-8-3-1-4-9-15)16-10-5-2-6-11-16/h1-12,17-19H,13-14H2/t17-,18+/m1/s1. The molecule has 4 heteroatoms. The number of hydrogen-bond donors (Lipinski definition) is 0. The Morgan fingerprint density at radius 2 is 1.62 bits per heavy atom. The third-order valence-electron chi connectivity index (χ3n) is 4.52. The molecule has 0 aromatic heterocycles. The van der Waals surface area contributed by atoms with Crippen molar-refractivity contribution in [3.05, 3.63) is 83.9 Å². The summed E-state index contributed by atoms with van der Waals surface area (Å²) in [6.07, 6.45) is 3.39. The Morgan fingerprint density at radius 1 is 1.00 bits per heavy atom. The summed E-state index contributed by atoms with van der Waals surface area (Å²) in [5.74, 6) is 0.